The lowest BCUT2D eigenvalue weighted by atomic mass is 9.97. The predicted molar refractivity (Wildman–Crippen MR) is 84.0 cm³/mol. The molecule has 0 radical (unpaired) electrons. The number of aromatic amines is 1. The maximum Gasteiger partial charge on any atom is 0.166 e. The van der Waals surface area contributed by atoms with E-state index >= 15 is 0 Å². The number of fused-ring (bicyclic) bond motifs is 1. The maximum atomic E-state index is 9.72. The Hall–Kier alpha value is -1.51. The van der Waals surface area contributed by atoms with Gasteiger partial charge in [0, 0.05) is 11.8 Å². The van der Waals surface area contributed by atoms with Crippen molar-refractivity contribution in [1.82, 2.24) is 15.3 Å². The fourth-order valence-electron chi connectivity index (χ4n) is 2.78. The molecule has 2 aliphatic carbocycles. The van der Waals surface area contributed by atoms with Crippen molar-refractivity contribution >= 4 is 22.8 Å². The smallest absolute Gasteiger partial charge is 0.166 e. The van der Waals surface area contributed by atoms with E-state index in [2.05, 4.69) is 21.4 Å². The fourth-order valence-corrected chi connectivity index (χ4v) is 3.87. The van der Waals surface area contributed by atoms with E-state index < -0.39 is 0 Å². The number of para-hydroxylation sites is 2. The molecule has 1 aromatic heterocycles. The van der Waals surface area contributed by atoms with E-state index in [9.17, 15) is 5.26 Å². The van der Waals surface area contributed by atoms with Gasteiger partial charge < -0.3 is 4.98 Å². The largest absolute Gasteiger partial charge is 0.333 e. The molecule has 21 heavy (non-hydrogen) atoms. The van der Waals surface area contributed by atoms with Gasteiger partial charge in [-0.3, -0.25) is 5.32 Å². The molecule has 5 heteroatoms. The average molecular weight is 298 g/mol. The number of benzene rings is 1. The topological polar surface area (TPSA) is 64.5 Å². The molecule has 0 bridgehead atoms. The molecule has 2 aromatic rings. The van der Waals surface area contributed by atoms with E-state index in [1.807, 2.05) is 24.3 Å². The Balaban J connectivity index is 1.51. The van der Waals surface area contributed by atoms with Crippen molar-refractivity contribution in [2.24, 2.45) is 5.92 Å². The first kappa shape index (κ1) is 13.2. The van der Waals surface area contributed by atoms with Crippen molar-refractivity contribution in [1.29, 1.82) is 5.26 Å². The number of hydrogen-bond acceptors (Lipinski definition) is 4. The van der Waals surface area contributed by atoms with E-state index in [0.717, 1.165) is 21.9 Å². The minimum atomic E-state index is -0.370. The van der Waals surface area contributed by atoms with Gasteiger partial charge in [-0.1, -0.05) is 23.9 Å². The molecule has 4 rings (SSSR count). The molecule has 0 aliphatic heterocycles. The summed E-state index contributed by atoms with van der Waals surface area (Å²) in [6.07, 6.45) is 4.78. The number of thioether (sulfide) groups is 1. The monoisotopic (exact) mass is 298 g/mol. The van der Waals surface area contributed by atoms with Gasteiger partial charge in [-0.05, 0) is 43.7 Å². The van der Waals surface area contributed by atoms with Crippen molar-refractivity contribution in [3.63, 3.8) is 0 Å². The highest BCUT2D eigenvalue weighted by atomic mass is 32.2. The summed E-state index contributed by atoms with van der Waals surface area (Å²) in [7, 11) is 0. The normalized spacial score (nSPS) is 21.1. The third-order valence-corrected chi connectivity index (χ3v) is 5.38. The Morgan fingerprint density at radius 1 is 1.33 bits per heavy atom. The van der Waals surface area contributed by atoms with Crippen LogP contribution in [0, 0.1) is 17.2 Å². The molecule has 0 amide bonds. The number of nitrogens with zero attached hydrogens (tertiary/aromatic N) is 2. The lowest BCUT2D eigenvalue weighted by molar-refractivity contribution is 0.401. The van der Waals surface area contributed by atoms with Gasteiger partial charge in [0.05, 0.1) is 17.1 Å². The van der Waals surface area contributed by atoms with Crippen LogP contribution in [-0.4, -0.2) is 27.3 Å². The molecule has 108 valence electrons. The van der Waals surface area contributed by atoms with Crippen LogP contribution in [0.25, 0.3) is 11.0 Å². The van der Waals surface area contributed by atoms with Gasteiger partial charge in [0.15, 0.2) is 5.16 Å². The summed E-state index contributed by atoms with van der Waals surface area (Å²) in [6.45, 7) is 0. The molecule has 2 N–H and O–H groups in total. The number of aromatic nitrogens is 2. The third kappa shape index (κ3) is 2.66. The summed E-state index contributed by atoms with van der Waals surface area (Å²) in [5.74, 6) is 1.28. The highest BCUT2D eigenvalue weighted by Crippen LogP contribution is 2.43. The quantitative estimate of drug-likeness (QED) is 0.804. The van der Waals surface area contributed by atoms with E-state index in [4.69, 9.17) is 0 Å². The second kappa shape index (κ2) is 5.04. The van der Waals surface area contributed by atoms with Gasteiger partial charge >= 0.3 is 0 Å². The molecule has 1 aromatic carbocycles. The van der Waals surface area contributed by atoms with Crippen LogP contribution in [0.4, 0.5) is 0 Å². The molecule has 1 unspecified atom stereocenters. The van der Waals surface area contributed by atoms with Crippen molar-refractivity contribution < 1.29 is 0 Å². The van der Waals surface area contributed by atoms with Crippen LogP contribution in [0.2, 0.25) is 0 Å². The van der Waals surface area contributed by atoms with Crippen molar-refractivity contribution in [3.8, 4) is 6.07 Å². The highest BCUT2D eigenvalue weighted by molar-refractivity contribution is 7.99. The van der Waals surface area contributed by atoms with Crippen LogP contribution in [0.3, 0.4) is 0 Å². The average Bonchev–Trinajstić information content (AvgIpc) is 3.41. The maximum absolute atomic E-state index is 9.72. The standard InChI is InChI=1S/C16H18N4S/c17-9-16(11-5-6-11,20-12-7-8-12)10-21-15-18-13-3-1-2-4-14(13)19-15/h1-4,11-12,20H,5-8,10H2,(H,18,19). The number of hydrogen-bond donors (Lipinski definition) is 2. The zero-order valence-corrected chi connectivity index (χ0v) is 12.6. The molecule has 0 saturated heterocycles. The van der Waals surface area contributed by atoms with Gasteiger partial charge in [-0.15, -0.1) is 0 Å². The second-order valence-electron chi connectivity index (χ2n) is 6.12. The molecule has 4 nitrogen and oxygen atoms in total. The molecule has 0 spiro atoms. The number of nitriles is 1. The first-order chi connectivity index (χ1) is 10.3. The summed E-state index contributed by atoms with van der Waals surface area (Å²) in [4.78, 5) is 7.93. The Morgan fingerprint density at radius 2 is 2.14 bits per heavy atom. The Kier molecular flexibility index (Phi) is 3.16. The van der Waals surface area contributed by atoms with Gasteiger partial charge in [0.1, 0.15) is 5.54 Å². The Bertz CT molecular complexity index is 663. The van der Waals surface area contributed by atoms with Crippen molar-refractivity contribution in [2.45, 2.75) is 42.4 Å². The van der Waals surface area contributed by atoms with Crippen LogP contribution in [0.5, 0.6) is 0 Å². The zero-order valence-electron chi connectivity index (χ0n) is 11.8. The minimum Gasteiger partial charge on any atom is -0.333 e. The SMILES string of the molecule is N#CC(CSc1nc2ccccc2[nH]1)(NC1CC1)C1CC1. The van der Waals surface area contributed by atoms with Crippen LogP contribution >= 0.6 is 11.8 Å². The fraction of sp³-hybridized carbons (Fsp3) is 0.500. The summed E-state index contributed by atoms with van der Waals surface area (Å²) < 4.78 is 0. The molecule has 1 atom stereocenters. The summed E-state index contributed by atoms with van der Waals surface area (Å²) in [5, 5.41) is 14.2. The van der Waals surface area contributed by atoms with Gasteiger partial charge in [-0.2, -0.15) is 5.26 Å². The predicted octanol–water partition coefficient (Wildman–Crippen LogP) is 3.08. The van der Waals surface area contributed by atoms with E-state index in [1.165, 1.54) is 25.7 Å². The van der Waals surface area contributed by atoms with E-state index in [-0.39, 0.29) is 5.54 Å². The van der Waals surface area contributed by atoms with Crippen molar-refractivity contribution in [2.75, 3.05) is 5.75 Å². The number of nitrogens with one attached hydrogen (secondary N) is 2. The van der Waals surface area contributed by atoms with Gasteiger partial charge in [0.25, 0.3) is 0 Å². The number of rotatable bonds is 6. The first-order valence-electron chi connectivity index (χ1n) is 7.55. The third-order valence-electron chi connectivity index (χ3n) is 4.32. The Morgan fingerprint density at radius 3 is 2.81 bits per heavy atom. The summed E-state index contributed by atoms with van der Waals surface area (Å²) in [5.41, 5.74) is 1.68. The van der Waals surface area contributed by atoms with E-state index in [0.29, 0.717) is 12.0 Å². The molecule has 1 heterocycles. The van der Waals surface area contributed by atoms with Crippen LogP contribution in [-0.2, 0) is 0 Å². The number of imidazole rings is 1. The lowest BCUT2D eigenvalue weighted by Gasteiger charge is -2.27. The molecule has 2 saturated carbocycles. The zero-order chi connectivity index (χ0) is 14.3. The molecule has 2 aliphatic rings. The second-order valence-corrected chi connectivity index (χ2v) is 7.09. The van der Waals surface area contributed by atoms with Crippen molar-refractivity contribution in [3.05, 3.63) is 24.3 Å². The molecular formula is C16H18N4S. The number of H-pyrrole nitrogens is 1. The van der Waals surface area contributed by atoms with Crippen LogP contribution < -0.4 is 5.32 Å². The van der Waals surface area contributed by atoms with Gasteiger partial charge in [0.2, 0.25) is 0 Å². The van der Waals surface area contributed by atoms with Gasteiger partial charge in [-0.25, -0.2) is 4.98 Å². The van der Waals surface area contributed by atoms with E-state index in [1.54, 1.807) is 11.8 Å². The molecule has 2 fully saturated rings. The molecular weight excluding hydrogens is 280 g/mol. The lowest BCUT2D eigenvalue weighted by Crippen LogP contribution is -2.49. The summed E-state index contributed by atoms with van der Waals surface area (Å²) >= 11 is 1.66. The Labute approximate surface area is 128 Å². The summed E-state index contributed by atoms with van der Waals surface area (Å²) in [6, 6.07) is 11.2. The first-order valence-corrected chi connectivity index (χ1v) is 8.54. The van der Waals surface area contributed by atoms with Crippen LogP contribution in [0.15, 0.2) is 29.4 Å². The van der Waals surface area contributed by atoms with Crippen LogP contribution in [0.1, 0.15) is 25.7 Å². The minimum absolute atomic E-state index is 0.370. The highest BCUT2D eigenvalue weighted by Gasteiger charge is 2.48.